The summed E-state index contributed by atoms with van der Waals surface area (Å²) >= 11 is 1.60. The summed E-state index contributed by atoms with van der Waals surface area (Å²) in [5.74, 6) is 0.438. The third-order valence-corrected chi connectivity index (χ3v) is 6.59. The lowest BCUT2D eigenvalue weighted by Gasteiger charge is -2.34. The van der Waals surface area contributed by atoms with Gasteiger partial charge in [0.2, 0.25) is 0 Å². The first-order valence-electron chi connectivity index (χ1n) is 10.7. The molecule has 8 nitrogen and oxygen atoms in total. The Morgan fingerprint density at radius 1 is 1.18 bits per heavy atom. The maximum absolute atomic E-state index is 13.2. The van der Waals surface area contributed by atoms with E-state index in [0.29, 0.717) is 37.6 Å². The summed E-state index contributed by atoms with van der Waals surface area (Å²) in [5, 5.41) is 4.19. The molecule has 1 saturated heterocycles. The second-order valence-corrected chi connectivity index (χ2v) is 9.41. The van der Waals surface area contributed by atoms with Crippen LogP contribution in [-0.2, 0) is 14.9 Å². The molecule has 2 heterocycles. The molecular formula is C24H27N5O3S. The smallest absolute Gasteiger partial charge is 0.348 e. The minimum absolute atomic E-state index is 0.134. The molecule has 1 fully saturated rings. The molecule has 33 heavy (non-hydrogen) atoms. The second kappa shape index (κ2) is 9.76. The molecule has 1 N–H and O–H groups in total. The van der Waals surface area contributed by atoms with E-state index in [1.807, 2.05) is 56.6 Å². The Kier molecular flexibility index (Phi) is 6.80. The average molecular weight is 466 g/mol. The number of rotatable bonds is 6. The Morgan fingerprint density at radius 3 is 2.55 bits per heavy atom. The second-order valence-electron chi connectivity index (χ2n) is 8.26. The zero-order valence-corrected chi connectivity index (χ0v) is 19.8. The van der Waals surface area contributed by atoms with Crippen LogP contribution >= 0.6 is 11.8 Å². The van der Waals surface area contributed by atoms with E-state index in [-0.39, 0.29) is 11.6 Å². The molecule has 0 radical (unpaired) electrons. The number of hydrogen-bond donors (Lipinski definition) is 1. The van der Waals surface area contributed by atoms with Gasteiger partial charge in [0.05, 0.1) is 17.4 Å². The van der Waals surface area contributed by atoms with Crippen molar-refractivity contribution in [3.8, 4) is 5.69 Å². The van der Waals surface area contributed by atoms with Crippen molar-refractivity contribution in [1.82, 2.24) is 19.7 Å². The number of aliphatic imine (C=N–C) groups is 1. The number of carbonyl (C=O) groups excluding carboxylic acids is 1. The molecule has 1 aromatic heterocycles. The number of nitrogens with one attached hydrogen (secondary N) is 1. The van der Waals surface area contributed by atoms with Crippen LogP contribution in [0.25, 0.3) is 5.69 Å². The van der Waals surface area contributed by atoms with Crippen molar-refractivity contribution < 1.29 is 9.53 Å². The molecular weight excluding hydrogens is 438 g/mol. The molecule has 0 unspecified atom stereocenters. The van der Waals surface area contributed by atoms with Crippen molar-refractivity contribution in [1.29, 1.82) is 0 Å². The van der Waals surface area contributed by atoms with Crippen molar-refractivity contribution in [2.45, 2.75) is 35.0 Å². The van der Waals surface area contributed by atoms with Crippen LogP contribution < -0.4 is 5.69 Å². The Bertz CT molecular complexity index is 1210. The van der Waals surface area contributed by atoms with E-state index in [2.05, 4.69) is 21.1 Å². The Balaban J connectivity index is 1.58. The fourth-order valence-corrected chi connectivity index (χ4v) is 4.77. The standard InChI is InChI=1S/C24H27N5O3S/c1-17-26-23(31)29(27-17)19-7-9-20(10-8-19)33-21-6-4-5-18(15-21)24(11-13-32-14-12-24)22(30)25-16-28(2)3/h4-10,15-16H,11-14H2,1-3H3,(H,26,27,31)/b25-16+. The largest absolute Gasteiger partial charge is 0.381 e. The predicted molar refractivity (Wildman–Crippen MR) is 128 cm³/mol. The van der Waals surface area contributed by atoms with E-state index in [0.717, 1.165) is 15.4 Å². The third-order valence-electron chi connectivity index (χ3n) is 5.60. The molecule has 3 aromatic rings. The molecule has 0 bridgehead atoms. The van der Waals surface area contributed by atoms with Crippen molar-refractivity contribution in [2.24, 2.45) is 4.99 Å². The van der Waals surface area contributed by atoms with Gasteiger partial charge in [0.25, 0.3) is 5.91 Å². The lowest BCUT2D eigenvalue weighted by molar-refractivity contribution is -0.126. The van der Waals surface area contributed by atoms with Crippen LogP contribution in [-0.4, -0.2) is 59.2 Å². The number of ether oxygens (including phenoxy) is 1. The van der Waals surface area contributed by atoms with Crippen molar-refractivity contribution in [3.63, 3.8) is 0 Å². The number of aromatic amines is 1. The number of benzene rings is 2. The number of carbonyl (C=O) groups is 1. The highest BCUT2D eigenvalue weighted by Gasteiger charge is 2.41. The number of aromatic nitrogens is 3. The van der Waals surface area contributed by atoms with E-state index < -0.39 is 5.41 Å². The van der Waals surface area contributed by atoms with Gasteiger partial charge in [0.1, 0.15) is 5.82 Å². The van der Waals surface area contributed by atoms with E-state index in [1.165, 1.54) is 4.68 Å². The van der Waals surface area contributed by atoms with E-state index in [1.54, 1.807) is 29.9 Å². The minimum atomic E-state index is -0.676. The normalized spacial score (nSPS) is 15.6. The van der Waals surface area contributed by atoms with Gasteiger partial charge in [-0.1, -0.05) is 23.9 Å². The van der Waals surface area contributed by atoms with Crippen LogP contribution in [0, 0.1) is 6.92 Å². The van der Waals surface area contributed by atoms with Gasteiger partial charge in [-0.2, -0.15) is 9.78 Å². The van der Waals surface area contributed by atoms with Gasteiger partial charge in [-0.3, -0.25) is 9.78 Å². The van der Waals surface area contributed by atoms with Gasteiger partial charge in [-0.05, 0) is 61.7 Å². The summed E-state index contributed by atoms with van der Waals surface area (Å²) in [6.45, 7) is 2.82. The average Bonchev–Trinajstić information content (AvgIpc) is 3.16. The highest BCUT2D eigenvalue weighted by molar-refractivity contribution is 7.99. The van der Waals surface area contributed by atoms with E-state index in [9.17, 15) is 9.59 Å². The third kappa shape index (κ3) is 5.09. The van der Waals surface area contributed by atoms with E-state index >= 15 is 0 Å². The Hall–Kier alpha value is -3.17. The molecule has 1 amide bonds. The summed E-state index contributed by atoms with van der Waals surface area (Å²) in [7, 11) is 3.69. The summed E-state index contributed by atoms with van der Waals surface area (Å²) in [6, 6.07) is 15.8. The zero-order valence-electron chi connectivity index (χ0n) is 18.9. The van der Waals surface area contributed by atoms with Gasteiger partial charge in [0, 0.05) is 37.1 Å². The highest BCUT2D eigenvalue weighted by Crippen LogP contribution is 2.39. The summed E-state index contributed by atoms with van der Waals surface area (Å²) in [6.07, 6.45) is 2.78. The lowest BCUT2D eigenvalue weighted by atomic mass is 9.73. The number of hydrogen-bond acceptors (Lipinski definition) is 5. The quantitative estimate of drug-likeness (QED) is 0.444. The van der Waals surface area contributed by atoms with E-state index in [4.69, 9.17) is 4.74 Å². The van der Waals surface area contributed by atoms with Crippen LogP contribution in [0.3, 0.4) is 0 Å². The summed E-state index contributed by atoms with van der Waals surface area (Å²) in [4.78, 5) is 35.8. The fourth-order valence-electron chi connectivity index (χ4n) is 3.89. The van der Waals surface area contributed by atoms with Crippen LogP contribution in [0.15, 0.2) is 68.1 Å². The number of H-pyrrole nitrogens is 1. The molecule has 0 saturated carbocycles. The Labute approximate surface area is 196 Å². The molecule has 4 rings (SSSR count). The molecule has 2 aromatic carbocycles. The molecule has 0 spiro atoms. The van der Waals surface area contributed by atoms with Crippen LogP contribution in [0.1, 0.15) is 24.2 Å². The molecule has 1 aliphatic rings. The topological polar surface area (TPSA) is 92.6 Å². The summed E-state index contributed by atoms with van der Waals surface area (Å²) < 4.78 is 6.90. The molecule has 0 atom stereocenters. The first-order chi connectivity index (χ1) is 15.9. The van der Waals surface area contributed by atoms with Gasteiger partial charge in [-0.15, -0.1) is 0 Å². The zero-order chi connectivity index (χ0) is 23.4. The number of amides is 1. The minimum Gasteiger partial charge on any atom is -0.381 e. The van der Waals surface area contributed by atoms with Gasteiger partial charge < -0.3 is 9.64 Å². The molecule has 9 heteroatoms. The lowest BCUT2D eigenvalue weighted by Crippen LogP contribution is -2.41. The van der Waals surface area contributed by atoms with Crippen LogP contribution in [0.5, 0.6) is 0 Å². The number of nitrogens with zero attached hydrogens (tertiary/aromatic N) is 4. The first kappa shape index (κ1) is 23.0. The van der Waals surface area contributed by atoms with Crippen LogP contribution in [0.4, 0.5) is 0 Å². The van der Waals surface area contributed by atoms with Gasteiger partial charge in [0.15, 0.2) is 0 Å². The highest BCUT2D eigenvalue weighted by atomic mass is 32.2. The Morgan fingerprint density at radius 2 is 1.91 bits per heavy atom. The maximum atomic E-state index is 13.2. The van der Waals surface area contributed by atoms with Crippen LogP contribution in [0.2, 0.25) is 0 Å². The maximum Gasteiger partial charge on any atom is 0.348 e. The molecule has 0 aliphatic carbocycles. The van der Waals surface area contributed by atoms with Crippen molar-refractivity contribution >= 4 is 24.0 Å². The monoisotopic (exact) mass is 465 g/mol. The molecule has 1 aliphatic heterocycles. The summed E-state index contributed by atoms with van der Waals surface area (Å²) in [5.41, 5.74) is 0.730. The predicted octanol–water partition coefficient (Wildman–Crippen LogP) is 3.18. The van der Waals surface area contributed by atoms with Crippen molar-refractivity contribution in [2.75, 3.05) is 27.3 Å². The SMILES string of the molecule is Cc1nn(-c2ccc(Sc3cccc(C4(C(=O)/N=C/N(C)C)CCOCC4)c3)cc2)c(=O)[nH]1. The molecule has 172 valence electrons. The fraction of sp³-hybridized carbons (Fsp3) is 0.333. The van der Waals surface area contributed by atoms with Crippen molar-refractivity contribution in [3.05, 3.63) is 70.4 Å². The first-order valence-corrected chi connectivity index (χ1v) is 11.6. The van der Waals surface area contributed by atoms with Gasteiger partial charge in [-0.25, -0.2) is 9.79 Å². The number of aryl methyl sites for hydroxylation is 1. The van der Waals surface area contributed by atoms with Gasteiger partial charge >= 0.3 is 5.69 Å².